The molecule has 0 amide bonds. The zero-order valence-electron chi connectivity index (χ0n) is 9.84. The molecule has 0 aliphatic rings. The third-order valence-electron chi connectivity index (χ3n) is 2.01. The molecule has 7 nitrogen and oxygen atoms in total. The first-order valence-electron chi connectivity index (χ1n) is 4.91. The largest absolute Gasteiger partial charge is 0.490 e. The number of hydrazone groups is 1. The van der Waals surface area contributed by atoms with Crippen LogP contribution in [0.4, 0.5) is 5.69 Å². The number of thiocarbonyl (C=S) groups is 1. The van der Waals surface area contributed by atoms with Gasteiger partial charge in [-0.1, -0.05) is 0 Å². The van der Waals surface area contributed by atoms with Gasteiger partial charge in [0.15, 0.2) is 10.9 Å². The van der Waals surface area contributed by atoms with Gasteiger partial charge >= 0.3 is 5.69 Å². The Hall–Kier alpha value is -2.22. The van der Waals surface area contributed by atoms with Crippen molar-refractivity contribution in [1.82, 2.24) is 10.7 Å². The van der Waals surface area contributed by atoms with Crippen LogP contribution in [0, 0.1) is 10.1 Å². The molecule has 1 rings (SSSR count). The number of hydrogen-bond acceptors (Lipinski definition) is 5. The Bertz CT molecular complexity index is 490. The molecule has 0 atom stereocenters. The maximum Gasteiger partial charge on any atom is 0.311 e. The minimum Gasteiger partial charge on any atom is -0.490 e. The lowest BCUT2D eigenvalue weighted by Gasteiger charge is -2.02. The predicted octanol–water partition coefficient (Wildman–Crippen LogP) is 1.03. The predicted molar refractivity (Wildman–Crippen MR) is 72.0 cm³/mol. The number of nitrogens with zero attached hydrogens (tertiary/aromatic N) is 2. The van der Waals surface area contributed by atoms with E-state index in [0.717, 1.165) is 0 Å². The molecule has 0 saturated heterocycles. The van der Waals surface area contributed by atoms with Gasteiger partial charge in [0.05, 0.1) is 18.2 Å². The fourth-order valence-electron chi connectivity index (χ4n) is 1.15. The van der Waals surface area contributed by atoms with E-state index in [1.807, 2.05) is 0 Å². The molecule has 2 N–H and O–H groups in total. The van der Waals surface area contributed by atoms with E-state index in [2.05, 4.69) is 15.8 Å². The molecule has 1 aromatic rings. The zero-order valence-corrected chi connectivity index (χ0v) is 10.7. The number of methoxy groups -OCH3 is 1. The van der Waals surface area contributed by atoms with Crippen LogP contribution in [0.1, 0.15) is 5.56 Å². The fraction of sp³-hybridized carbons (Fsp3) is 0.200. The van der Waals surface area contributed by atoms with Crippen LogP contribution >= 0.6 is 12.2 Å². The molecule has 0 saturated carbocycles. The number of benzene rings is 1. The van der Waals surface area contributed by atoms with Gasteiger partial charge in [-0.15, -0.1) is 0 Å². The van der Waals surface area contributed by atoms with E-state index in [-0.39, 0.29) is 11.4 Å². The van der Waals surface area contributed by atoms with Gasteiger partial charge in [-0.25, -0.2) is 0 Å². The molecule has 0 aliphatic heterocycles. The van der Waals surface area contributed by atoms with Crippen LogP contribution in [-0.2, 0) is 0 Å². The van der Waals surface area contributed by atoms with Gasteiger partial charge in [-0.2, -0.15) is 5.10 Å². The molecule has 0 spiro atoms. The van der Waals surface area contributed by atoms with Crippen molar-refractivity contribution in [3.8, 4) is 5.75 Å². The number of rotatable bonds is 4. The molecule has 18 heavy (non-hydrogen) atoms. The lowest BCUT2D eigenvalue weighted by Crippen LogP contribution is -2.28. The molecule has 0 aromatic heterocycles. The van der Waals surface area contributed by atoms with E-state index in [9.17, 15) is 10.1 Å². The SMILES string of the molecule is CNC(=S)N/N=C\c1ccc(OC)c([N+](=O)[O-])c1. The van der Waals surface area contributed by atoms with E-state index in [1.54, 1.807) is 13.1 Å². The van der Waals surface area contributed by atoms with Gasteiger partial charge in [0.1, 0.15) is 0 Å². The van der Waals surface area contributed by atoms with Crippen molar-refractivity contribution in [3.05, 3.63) is 33.9 Å². The monoisotopic (exact) mass is 268 g/mol. The number of nitro groups is 1. The lowest BCUT2D eigenvalue weighted by atomic mass is 10.2. The Morgan fingerprint density at radius 2 is 2.33 bits per heavy atom. The minimum absolute atomic E-state index is 0.113. The topological polar surface area (TPSA) is 88.8 Å². The van der Waals surface area contributed by atoms with E-state index >= 15 is 0 Å². The summed E-state index contributed by atoms with van der Waals surface area (Å²) < 4.78 is 4.89. The number of ether oxygens (including phenoxy) is 1. The summed E-state index contributed by atoms with van der Waals surface area (Å²) in [4.78, 5) is 10.3. The van der Waals surface area contributed by atoms with Crippen LogP contribution in [0.25, 0.3) is 0 Å². The van der Waals surface area contributed by atoms with Crippen LogP contribution < -0.4 is 15.5 Å². The summed E-state index contributed by atoms with van der Waals surface area (Å²) in [6.45, 7) is 0. The molecule has 0 heterocycles. The van der Waals surface area contributed by atoms with Crippen molar-refractivity contribution in [2.24, 2.45) is 5.10 Å². The summed E-state index contributed by atoms with van der Waals surface area (Å²) in [6.07, 6.45) is 1.43. The highest BCUT2D eigenvalue weighted by molar-refractivity contribution is 7.80. The van der Waals surface area contributed by atoms with Crippen molar-refractivity contribution >= 4 is 29.2 Å². The van der Waals surface area contributed by atoms with Crippen LogP contribution in [0.5, 0.6) is 5.75 Å². The highest BCUT2D eigenvalue weighted by Crippen LogP contribution is 2.26. The van der Waals surface area contributed by atoms with Gasteiger partial charge < -0.3 is 10.1 Å². The summed E-state index contributed by atoms with van der Waals surface area (Å²) in [5.41, 5.74) is 3.00. The minimum atomic E-state index is -0.512. The molecule has 0 fully saturated rings. The number of hydrogen-bond donors (Lipinski definition) is 2. The molecule has 1 aromatic carbocycles. The van der Waals surface area contributed by atoms with E-state index < -0.39 is 4.92 Å². The molecule has 0 unspecified atom stereocenters. The fourth-order valence-corrected chi connectivity index (χ4v) is 1.20. The summed E-state index contributed by atoms with van der Waals surface area (Å²) in [5, 5.41) is 17.7. The summed E-state index contributed by atoms with van der Waals surface area (Å²) in [5.74, 6) is 0.204. The van der Waals surface area contributed by atoms with Crippen molar-refractivity contribution in [2.75, 3.05) is 14.2 Å². The van der Waals surface area contributed by atoms with Crippen molar-refractivity contribution in [1.29, 1.82) is 0 Å². The van der Waals surface area contributed by atoms with Crippen molar-refractivity contribution in [2.45, 2.75) is 0 Å². The first-order chi connectivity index (χ1) is 8.58. The van der Waals surface area contributed by atoms with Gasteiger partial charge in [-0.3, -0.25) is 15.5 Å². The van der Waals surface area contributed by atoms with Gasteiger partial charge in [-0.05, 0) is 24.4 Å². The molecule has 8 heteroatoms. The van der Waals surface area contributed by atoms with Crippen LogP contribution in [0.15, 0.2) is 23.3 Å². The van der Waals surface area contributed by atoms with Crippen molar-refractivity contribution < 1.29 is 9.66 Å². The summed E-state index contributed by atoms with van der Waals surface area (Å²) >= 11 is 4.81. The first-order valence-corrected chi connectivity index (χ1v) is 5.32. The Labute approximate surface area is 109 Å². The second-order valence-electron chi connectivity index (χ2n) is 3.14. The normalized spacial score (nSPS) is 10.1. The van der Waals surface area contributed by atoms with E-state index in [4.69, 9.17) is 17.0 Å². The van der Waals surface area contributed by atoms with Crippen LogP contribution in [-0.4, -0.2) is 30.4 Å². The number of nitro benzene ring substituents is 1. The summed E-state index contributed by atoms with van der Waals surface area (Å²) in [6, 6.07) is 4.53. The Kier molecular flexibility index (Phi) is 5.00. The molecular formula is C10H12N4O3S. The number of nitrogens with one attached hydrogen (secondary N) is 2. The quantitative estimate of drug-likeness (QED) is 0.367. The maximum absolute atomic E-state index is 10.8. The highest BCUT2D eigenvalue weighted by atomic mass is 32.1. The highest BCUT2D eigenvalue weighted by Gasteiger charge is 2.14. The third kappa shape index (κ3) is 3.67. The molecule has 0 bridgehead atoms. The average Bonchev–Trinajstić information content (AvgIpc) is 2.38. The zero-order chi connectivity index (χ0) is 13.5. The third-order valence-corrected chi connectivity index (χ3v) is 2.30. The van der Waals surface area contributed by atoms with Crippen LogP contribution in [0.2, 0.25) is 0 Å². The van der Waals surface area contributed by atoms with Gasteiger partial charge in [0, 0.05) is 18.7 Å². The van der Waals surface area contributed by atoms with Crippen LogP contribution in [0.3, 0.4) is 0 Å². The van der Waals surface area contributed by atoms with Crippen molar-refractivity contribution in [3.63, 3.8) is 0 Å². The molecule has 96 valence electrons. The average molecular weight is 268 g/mol. The Balaban J connectivity index is 2.88. The standard InChI is InChI=1S/C10H12N4O3S/c1-11-10(18)13-12-6-7-3-4-9(17-2)8(5-7)14(15)16/h3-6H,1-2H3,(H2,11,13,18)/b12-6-. The second kappa shape index (κ2) is 6.50. The first kappa shape index (κ1) is 13.8. The Morgan fingerprint density at radius 1 is 1.61 bits per heavy atom. The lowest BCUT2D eigenvalue weighted by molar-refractivity contribution is -0.385. The smallest absolute Gasteiger partial charge is 0.311 e. The van der Waals surface area contributed by atoms with Gasteiger partial charge in [0.25, 0.3) is 0 Å². The summed E-state index contributed by atoms with van der Waals surface area (Å²) in [7, 11) is 3.03. The molecule has 0 radical (unpaired) electrons. The maximum atomic E-state index is 10.8. The Morgan fingerprint density at radius 3 is 2.89 bits per heavy atom. The second-order valence-corrected chi connectivity index (χ2v) is 3.55. The van der Waals surface area contributed by atoms with E-state index in [0.29, 0.717) is 10.7 Å². The molecule has 0 aliphatic carbocycles. The van der Waals surface area contributed by atoms with E-state index in [1.165, 1.54) is 25.5 Å². The molecular weight excluding hydrogens is 256 g/mol. The van der Waals surface area contributed by atoms with Gasteiger partial charge in [0.2, 0.25) is 0 Å².